The first kappa shape index (κ1) is 21.7. The van der Waals surface area contributed by atoms with Gasteiger partial charge in [-0.3, -0.25) is 0 Å². The van der Waals surface area contributed by atoms with Crippen molar-refractivity contribution >= 4 is 30.9 Å². The average Bonchev–Trinajstić information content (AvgIpc) is 3.18. The van der Waals surface area contributed by atoms with Crippen LogP contribution >= 0.6 is 0 Å². The molecular weight excluding hydrogens is 460 g/mol. The summed E-state index contributed by atoms with van der Waals surface area (Å²) in [6.07, 6.45) is 0.268. The Bertz CT molecular complexity index is 1540. The van der Waals surface area contributed by atoms with Crippen LogP contribution < -0.4 is 4.74 Å². The highest BCUT2D eigenvalue weighted by atomic mass is 32.2. The first-order valence-electron chi connectivity index (χ1n) is 10.4. The molecule has 0 atom stereocenters. The molecule has 170 valence electrons. The smallest absolute Gasteiger partial charge is 0.268 e. The number of rotatable bonds is 5. The van der Waals surface area contributed by atoms with Gasteiger partial charge in [-0.2, -0.15) is 4.31 Å². The van der Waals surface area contributed by atoms with E-state index >= 15 is 0 Å². The molecule has 0 spiro atoms. The SMILES string of the molecule is COc1ccc2c3c(n(S(=O)(=O)c4ccccc4)c2c1)CCN(S(=O)(=O)c1ccccc1)C3. The van der Waals surface area contributed by atoms with Crippen LogP contribution in [0.1, 0.15) is 11.3 Å². The lowest BCUT2D eigenvalue weighted by Crippen LogP contribution is -2.36. The van der Waals surface area contributed by atoms with Crippen LogP contribution in [0.4, 0.5) is 0 Å². The number of sulfonamides is 1. The molecule has 1 aromatic heterocycles. The third kappa shape index (κ3) is 3.52. The Morgan fingerprint density at radius 2 is 1.39 bits per heavy atom. The van der Waals surface area contributed by atoms with E-state index in [0.29, 0.717) is 27.9 Å². The molecule has 0 N–H and O–H groups in total. The van der Waals surface area contributed by atoms with E-state index in [1.807, 2.05) is 0 Å². The van der Waals surface area contributed by atoms with Gasteiger partial charge in [-0.15, -0.1) is 0 Å². The highest BCUT2D eigenvalue weighted by molar-refractivity contribution is 7.90. The van der Waals surface area contributed by atoms with Crippen LogP contribution in [0.5, 0.6) is 5.75 Å². The summed E-state index contributed by atoms with van der Waals surface area (Å²) in [6.45, 7) is 0.273. The van der Waals surface area contributed by atoms with E-state index in [9.17, 15) is 16.8 Å². The first-order chi connectivity index (χ1) is 15.8. The molecule has 9 heteroatoms. The van der Waals surface area contributed by atoms with Crippen LogP contribution in [0.25, 0.3) is 10.9 Å². The van der Waals surface area contributed by atoms with Crippen molar-refractivity contribution in [1.82, 2.24) is 8.28 Å². The van der Waals surface area contributed by atoms with Crippen molar-refractivity contribution < 1.29 is 21.6 Å². The molecule has 0 fully saturated rings. The van der Waals surface area contributed by atoms with E-state index in [0.717, 1.165) is 0 Å². The molecule has 0 saturated heterocycles. The van der Waals surface area contributed by atoms with Gasteiger partial charge < -0.3 is 4.74 Å². The monoisotopic (exact) mass is 482 g/mol. The van der Waals surface area contributed by atoms with Crippen molar-refractivity contribution in [1.29, 1.82) is 0 Å². The van der Waals surface area contributed by atoms with Crippen LogP contribution in [-0.2, 0) is 33.0 Å². The summed E-state index contributed by atoms with van der Waals surface area (Å²) in [5.41, 5.74) is 1.77. The summed E-state index contributed by atoms with van der Waals surface area (Å²) in [5, 5.41) is 0.693. The maximum Gasteiger partial charge on any atom is 0.268 e. The van der Waals surface area contributed by atoms with E-state index < -0.39 is 20.0 Å². The molecular formula is C24H22N2O5S2. The Labute approximate surface area is 192 Å². The molecule has 0 aliphatic carbocycles. The second-order valence-corrected chi connectivity index (χ2v) is 11.5. The van der Waals surface area contributed by atoms with Gasteiger partial charge >= 0.3 is 0 Å². The maximum atomic E-state index is 13.7. The van der Waals surface area contributed by atoms with Gasteiger partial charge in [-0.25, -0.2) is 20.8 Å². The summed E-state index contributed by atoms with van der Waals surface area (Å²) in [4.78, 5) is 0.391. The Morgan fingerprint density at radius 1 is 0.788 bits per heavy atom. The molecule has 5 rings (SSSR count). The fourth-order valence-electron chi connectivity index (χ4n) is 4.32. The van der Waals surface area contributed by atoms with Gasteiger partial charge in [-0.05, 0) is 42.0 Å². The number of methoxy groups -OCH3 is 1. The van der Waals surface area contributed by atoms with Gasteiger partial charge in [-0.1, -0.05) is 36.4 Å². The van der Waals surface area contributed by atoms with E-state index in [4.69, 9.17) is 4.74 Å². The number of fused-ring (bicyclic) bond motifs is 3. The van der Waals surface area contributed by atoms with E-state index in [-0.39, 0.29) is 29.3 Å². The average molecular weight is 483 g/mol. The minimum absolute atomic E-state index is 0.0900. The summed E-state index contributed by atoms with van der Waals surface area (Å²) >= 11 is 0. The Morgan fingerprint density at radius 3 is 2.00 bits per heavy atom. The second kappa shape index (κ2) is 8.02. The van der Waals surface area contributed by atoms with E-state index in [1.165, 1.54) is 15.4 Å². The van der Waals surface area contributed by atoms with E-state index in [1.54, 1.807) is 78.9 Å². The molecule has 1 aliphatic rings. The summed E-state index contributed by atoms with van der Waals surface area (Å²) in [6, 6.07) is 21.8. The van der Waals surface area contributed by atoms with Gasteiger partial charge in [0.05, 0.1) is 22.4 Å². The molecule has 0 radical (unpaired) electrons. The van der Waals surface area contributed by atoms with E-state index in [2.05, 4.69) is 0 Å². The lowest BCUT2D eigenvalue weighted by Gasteiger charge is -2.27. The van der Waals surface area contributed by atoms with Crippen molar-refractivity contribution in [3.63, 3.8) is 0 Å². The Balaban J connectivity index is 1.70. The van der Waals surface area contributed by atoms with Crippen LogP contribution in [0.15, 0.2) is 88.7 Å². The molecule has 0 amide bonds. The Hall–Kier alpha value is -3.14. The number of hydrogen-bond acceptors (Lipinski definition) is 5. The molecule has 0 bridgehead atoms. The Kier molecular flexibility index (Phi) is 5.27. The zero-order valence-corrected chi connectivity index (χ0v) is 19.5. The topological polar surface area (TPSA) is 85.7 Å². The van der Waals surface area contributed by atoms with Crippen molar-refractivity contribution in [2.45, 2.75) is 22.8 Å². The second-order valence-electron chi connectivity index (χ2n) is 7.79. The van der Waals surface area contributed by atoms with Crippen LogP contribution in [0, 0.1) is 0 Å². The third-order valence-corrected chi connectivity index (χ3v) is 9.56. The largest absolute Gasteiger partial charge is 0.497 e. The first-order valence-corrected chi connectivity index (χ1v) is 13.3. The molecule has 7 nitrogen and oxygen atoms in total. The summed E-state index contributed by atoms with van der Waals surface area (Å²) in [5.74, 6) is 0.524. The highest BCUT2D eigenvalue weighted by Crippen LogP contribution is 2.37. The molecule has 0 saturated carbocycles. The zero-order valence-electron chi connectivity index (χ0n) is 17.9. The minimum Gasteiger partial charge on any atom is -0.497 e. The highest BCUT2D eigenvalue weighted by Gasteiger charge is 2.34. The van der Waals surface area contributed by atoms with Crippen LogP contribution in [0.3, 0.4) is 0 Å². The number of nitrogens with zero attached hydrogens (tertiary/aromatic N) is 2. The lowest BCUT2D eigenvalue weighted by molar-refractivity contribution is 0.390. The number of ether oxygens (including phenoxy) is 1. The molecule has 2 heterocycles. The maximum absolute atomic E-state index is 13.7. The lowest BCUT2D eigenvalue weighted by atomic mass is 10.1. The quantitative estimate of drug-likeness (QED) is 0.434. The van der Waals surface area contributed by atoms with Crippen LogP contribution in [-0.4, -0.2) is 38.8 Å². The third-order valence-electron chi connectivity index (χ3n) is 5.94. The number of benzene rings is 3. The van der Waals surface area contributed by atoms with Crippen molar-refractivity contribution in [2.75, 3.05) is 13.7 Å². The fraction of sp³-hybridized carbons (Fsp3) is 0.167. The van der Waals surface area contributed by atoms with Crippen molar-refractivity contribution in [3.8, 4) is 5.75 Å². The summed E-state index contributed by atoms with van der Waals surface area (Å²) < 4.78 is 61.9. The molecule has 1 aliphatic heterocycles. The predicted molar refractivity (Wildman–Crippen MR) is 125 cm³/mol. The minimum atomic E-state index is -3.90. The standard InChI is InChI=1S/C24H22N2O5S2/c1-31-18-12-13-21-22-17-25(32(27,28)19-8-4-2-5-9-19)15-14-23(22)26(24(21)16-18)33(29,30)20-10-6-3-7-11-20/h2-13,16H,14-15,17H2,1H3. The number of hydrogen-bond donors (Lipinski definition) is 0. The van der Waals surface area contributed by atoms with Crippen molar-refractivity contribution in [3.05, 3.63) is 90.1 Å². The molecule has 3 aromatic carbocycles. The van der Waals surface area contributed by atoms with Crippen LogP contribution in [0.2, 0.25) is 0 Å². The van der Waals surface area contributed by atoms with Gasteiger partial charge in [0.25, 0.3) is 10.0 Å². The van der Waals surface area contributed by atoms with Gasteiger partial charge in [0, 0.05) is 36.7 Å². The predicted octanol–water partition coefficient (Wildman–Crippen LogP) is 3.63. The molecule has 33 heavy (non-hydrogen) atoms. The summed E-state index contributed by atoms with van der Waals surface area (Å²) in [7, 11) is -6.09. The molecule has 4 aromatic rings. The van der Waals surface area contributed by atoms with Gasteiger partial charge in [0.2, 0.25) is 10.0 Å². The number of aromatic nitrogens is 1. The van der Waals surface area contributed by atoms with Gasteiger partial charge in [0.15, 0.2) is 0 Å². The zero-order chi connectivity index (χ0) is 23.2. The normalized spacial score (nSPS) is 14.8. The van der Waals surface area contributed by atoms with Crippen molar-refractivity contribution in [2.24, 2.45) is 0 Å². The fourth-order valence-corrected chi connectivity index (χ4v) is 7.36. The molecule has 0 unspecified atom stereocenters. The van der Waals surface area contributed by atoms with Gasteiger partial charge in [0.1, 0.15) is 5.75 Å².